The normalized spacial score (nSPS) is 23.0. The number of fused-ring (bicyclic) bond motifs is 1. The van der Waals surface area contributed by atoms with Crippen LogP contribution in [0.25, 0.3) is 0 Å². The Balaban J connectivity index is 1.24. The first-order valence-corrected chi connectivity index (χ1v) is 9.90. The maximum atomic E-state index is 12.3. The molecule has 3 aliphatic rings. The van der Waals surface area contributed by atoms with Gasteiger partial charge in [-0.1, -0.05) is 0 Å². The molecular weight excluding hydrogens is 316 g/mol. The van der Waals surface area contributed by atoms with Gasteiger partial charge in [-0.25, -0.2) is 4.68 Å². The third kappa shape index (κ3) is 4.30. The summed E-state index contributed by atoms with van der Waals surface area (Å²) in [6, 6.07) is 1.83. The van der Waals surface area contributed by atoms with E-state index in [0.29, 0.717) is 5.92 Å². The number of likely N-dealkylation sites (tertiary alicyclic amines) is 1. The van der Waals surface area contributed by atoms with E-state index in [2.05, 4.69) is 14.9 Å². The first kappa shape index (κ1) is 17.2. The quantitative estimate of drug-likeness (QED) is 0.788. The van der Waals surface area contributed by atoms with Crippen LogP contribution in [0.4, 0.5) is 0 Å². The average molecular weight is 346 g/mol. The highest BCUT2D eigenvalue weighted by atomic mass is 16.5. The third-order valence-electron chi connectivity index (χ3n) is 5.79. The van der Waals surface area contributed by atoms with Crippen molar-refractivity contribution in [3.63, 3.8) is 0 Å². The fraction of sp³-hybridized carbons (Fsp3) is 0.789. The van der Waals surface area contributed by atoms with Gasteiger partial charge in [0, 0.05) is 57.9 Å². The van der Waals surface area contributed by atoms with E-state index in [1.165, 1.54) is 18.4 Å². The number of nitrogens with zero attached hydrogens (tertiary/aromatic N) is 4. The zero-order chi connectivity index (χ0) is 17.1. The van der Waals surface area contributed by atoms with Crippen molar-refractivity contribution in [2.24, 2.45) is 5.92 Å². The van der Waals surface area contributed by atoms with E-state index in [1.54, 1.807) is 4.68 Å². The van der Waals surface area contributed by atoms with E-state index in [-0.39, 0.29) is 5.56 Å². The molecule has 1 aliphatic carbocycles. The summed E-state index contributed by atoms with van der Waals surface area (Å²) in [5, 5.41) is 4.65. The van der Waals surface area contributed by atoms with Crippen molar-refractivity contribution < 1.29 is 4.74 Å². The second-order valence-electron chi connectivity index (χ2n) is 7.78. The fourth-order valence-corrected chi connectivity index (χ4v) is 4.26. The van der Waals surface area contributed by atoms with Crippen LogP contribution in [0.1, 0.15) is 30.5 Å². The predicted octanol–water partition coefficient (Wildman–Crippen LogP) is 0.776. The van der Waals surface area contributed by atoms with Crippen LogP contribution in [0.2, 0.25) is 0 Å². The molecule has 3 heterocycles. The lowest BCUT2D eigenvalue weighted by atomic mass is 9.96. The SMILES string of the molecule is O=c1cc2c(nn1CC1CN(CCN3CCCOCC3)C1)CCCC2. The molecule has 0 bridgehead atoms. The molecule has 25 heavy (non-hydrogen) atoms. The molecule has 1 aromatic heterocycles. The number of aryl methyl sites for hydroxylation is 2. The lowest BCUT2D eigenvalue weighted by Crippen LogP contribution is -2.52. The van der Waals surface area contributed by atoms with Crippen LogP contribution in [0.15, 0.2) is 10.9 Å². The van der Waals surface area contributed by atoms with Gasteiger partial charge in [0.15, 0.2) is 0 Å². The summed E-state index contributed by atoms with van der Waals surface area (Å²) in [5.74, 6) is 0.569. The molecule has 0 unspecified atom stereocenters. The van der Waals surface area contributed by atoms with Crippen molar-refractivity contribution in [2.45, 2.75) is 38.6 Å². The molecule has 2 fully saturated rings. The van der Waals surface area contributed by atoms with E-state index in [4.69, 9.17) is 4.74 Å². The fourth-order valence-electron chi connectivity index (χ4n) is 4.26. The molecule has 0 aromatic carbocycles. The topological polar surface area (TPSA) is 50.6 Å². The van der Waals surface area contributed by atoms with Gasteiger partial charge in [0.1, 0.15) is 0 Å². The van der Waals surface area contributed by atoms with Crippen molar-refractivity contribution in [3.05, 3.63) is 27.7 Å². The van der Waals surface area contributed by atoms with Crippen molar-refractivity contribution in [3.8, 4) is 0 Å². The van der Waals surface area contributed by atoms with E-state index in [0.717, 1.165) is 84.0 Å². The summed E-state index contributed by atoms with van der Waals surface area (Å²) < 4.78 is 7.23. The third-order valence-corrected chi connectivity index (χ3v) is 5.79. The van der Waals surface area contributed by atoms with Gasteiger partial charge in [0.05, 0.1) is 18.8 Å². The highest BCUT2D eigenvalue weighted by molar-refractivity contribution is 5.20. The molecule has 0 atom stereocenters. The Hall–Kier alpha value is -1.24. The zero-order valence-electron chi connectivity index (χ0n) is 15.2. The number of hydrogen-bond donors (Lipinski definition) is 0. The molecule has 0 spiro atoms. The van der Waals surface area contributed by atoms with Gasteiger partial charge in [-0.3, -0.25) is 9.69 Å². The molecule has 0 N–H and O–H groups in total. The Morgan fingerprint density at radius 1 is 1.04 bits per heavy atom. The second-order valence-corrected chi connectivity index (χ2v) is 7.78. The molecule has 2 aliphatic heterocycles. The van der Waals surface area contributed by atoms with Crippen LogP contribution in [0.3, 0.4) is 0 Å². The standard InChI is InChI=1S/C19H30N4O2/c24-19-12-17-4-1-2-5-18(17)20-23(19)15-16-13-22(14-16)8-7-21-6-3-10-25-11-9-21/h12,16H,1-11,13-15H2. The number of hydrogen-bond acceptors (Lipinski definition) is 5. The molecule has 0 radical (unpaired) electrons. The monoisotopic (exact) mass is 346 g/mol. The highest BCUT2D eigenvalue weighted by Gasteiger charge is 2.28. The minimum Gasteiger partial charge on any atom is -0.380 e. The lowest BCUT2D eigenvalue weighted by Gasteiger charge is -2.40. The maximum absolute atomic E-state index is 12.3. The van der Waals surface area contributed by atoms with Crippen molar-refractivity contribution in [1.29, 1.82) is 0 Å². The summed E-state index contributed by atoms with van der Waals surface area (Å²) in [4.78, 5) is 17.3. The molecule has 6 heteroatoms. The average Bonchev–Trinajstić information content (AvgIpc) is 2.86. The highest BCUT2D eigenvalue weighted by Crippen LogP contribution is 2.19. The van der Waals surface area contributed by atoms with Gasteiger partial charge in [0.2, 0.25) is 0 Å². The van der Waals surface area contributed by atoms with Gasteiger partial charge in [-0.15, -0.1) is 0 Å². The largest absolute Gasteiger partial charge is 0.380 e. The Morgan fingerprint density at radius 2 is 1.88 bits per heavy atom. The first-order chi connectivity index (χ1) is 12.3. The van der Waals surface area contributed by atoms with E-state index in [1.807, 2.05) is 6.07 Å². The summed E-state index contributed by atoms with van der Waals surface area (Å²) in [7, 11) is 0. The lowest BCUT2D eigenvalue weighted by molar-refractivity contribution is 0.0701. The Bertz CT molecular complexity index is 631. The Labute approximate surface area is 149 Å². The van der Waals surface area contributed by atoms with Crippen molar-refractivity contribution in [1.82, 2.24) is 19.6 Å². The molecule has 2 saturated heterocycles. The number of aromatic nitrogens is 2. The molecule has 6 nitrogen and oxygen atoms in total. The summed E-state index contributed by atoms with van der Waals surface area (Å²) >= 11 is 0. The smallest absolute Gasteiger partial charge is 0.267 e. The van der Waals surface area contributed by atoms with Gasteiger partial charge in [-0.05, 0) is 37.7 Å². The summed E-state index contributed by atoms with van der Waals surface area (Å²) in [6.45, 7) is 9.22. The van der Waals surface area contributed by atoms with Crippen LogP contribution in [0.5, 0.6) is 0 Å². The van der Waals surface area contributed by atoms with Gasteiger partial charge >= 0.3 is 0 Å². The molecule has 4 rings (SSSR count). The van der Waals surface area contributed by atoms with Crippen molar-refractivity contribution in [2.75, 3.05) is 52.5 Å². The number of ether oxygens (including phenoxy) is 1. The maximum Gasteiger partial charge on any atom is 0.267 e. The van der Waals surface area contributed by atoms with Crippen molar-refractivity contribution >= 4 is 0 Å². The minimum absolute atomic E-state index is 0.0867. The molecule has 0 amide bonds. The van der Waals surface area contributed by atoms with Crippen LogP contribution >= 0.6 is 0 Å². The van der Waals surface area contributed by atoms with Crippen LogP contribution in [0, 0.1) is 5.92 Å². The predicted molar refractivity (Wildman–Crippen MR) is 96.9 cm³/mol. The van der Waals surface area contributed by atoms with E-state index in [9.17, 15) is 4.79 Å². The second kappa shape index (κ2) is 7.98. The molecule has 0 saturated carbocycles. The molecule has 138 valence electrons. The Kier molecular flexibility index (Phi) is 5.48. The first-order valence-electron chi connectivity index (χ1n) is 9.90. The number of rotatable bonds is 5. The van der Waals surface area contributed by atoms with Crippen LogP contribution in [-0.2, 0) is 24.1 Å². The Morgan fingerprint density at radius 3 is 2.80 bits per heavy atom. The zero-order valence-corrected chi connectivity index (χ0v) is 15.2. The van der Waals surface area contributed by atoms with Gasteiger partial charge < -0.3 is 9.64 Å². The van der Waals surface area contributed by atoms with Gasteiger partial charge in [0.25, 0.3) is 5.56 Å². The van der Waals surface area contributed by atoms with Crippen LogP contribution in [-0.4, -0.2) is 72.1 Å². The molecule has 1 aromatic rings. The van der Waals surface area contributed by atoms with E-state index >= 15 is 0 Å². The minimum atomic E-state index is 0.0867. The summed E-state index contributed by atoms with van der Waals surface area (Å²) in [5.41, 5.74) is 2.43. The van der Waals surface area contributed by atoms with Crippen LogP contribution < -0.4 is 5.56 Å². The molecular formula is C19H30N4O2. The summed E-state index contributed by atoms with van der Waals surface area (Å²) in [6.07, 6.45) is 5.61. The van der Waals surface area contributed by atoms with Gasteiger partial charge in [-0.2, -0.15) is 5.10 Å². The van der Waals surface area contributed by atoms with E-state index < -0.39 is 0 Å².